The van der Waals surface area contributed by atoms with Crippen LogP contribution in [0.2, 0.25) is 10.0 Å². The number of rotatable bonds is 9. The summed E-state index contributed by atoms with van der Waals surface area (Å²) in [6, 6.07) is 6.10. The molecule has 0 saturated carbocycles. The number of nitrogens with zero attached hydrogens (tertiary/aromatic N) is 1. The van der Waals surface area contributed by atoms with Crippen molar-refractivity contribution in [3.8, 4) is 0 Å². The lowest BCUT2D eigenvalue weighted by molar-refractivity contribution is 0.259. The van der Waals surface area contributed by atoms with Crippen molar-refractivity contribution in [1.82, 2.24) is 10.2 Å². The van der Waals surface area contributed by atoms with Crippen LogP contribution in [0.15, 0.2) is 18.2 Å². The maximum absolute atomic E-state index is 6.32. The fourth-order valence-corrected chi connectivity index (χ4v) is 2.96. The summed E-state index contributed by atoms with van der Waals surface area (Å²) in [6.45, 7) is 7.86. The highest BCUT2D eigenvalue weighted by Gasteiger charge is 2.15. The van der Waals surface area contributed by atoms with Crippen molar-refractivity contribution in [2.75, 3.05) is 26.7 Å². The van der Waals surface area contributed by atoms with Gasteiger partial charge in [0.15, 0.2) is 0 Å². The molecule has 0 fully saturated rings. The van der Waals surface area contributed by atoms with Gasteiger partial charge < -0.3 is 10.2 Å². The van der Waals surface area contributed by atoms with Crippen molar-refractivity contribution < 1.29 is 0 Å². The van der Waals surface area contributed by atoms with Crippen LogP contribution in [0.1, 0.15) is 44.7 Å². The van der Waals surface area contributed by atoms with Gasteiger partial charge in [-0.1, -0.05) is 49.2 Å². The molecule has 0 aliphatic carbocycles. The second-order valence-corrected chi connectivity index (χ2v) is 5.90. The smallest absolute Gasteiger partial charge is 0.0640 e. The van der Waals surface area contributed by atoms with Gasteiger partial charge in [-0.3, -0.25) is 0 Å². The minimum Gasteiger partial charge on any atom is -0.313 e. The van der Waals surface area contributed by atoms with E-state index < -0.39 is 0 Å². The summed E-state index contributed by atoms with van der Waals surface area (Å²) >= 11 is 12.4. The van der Waals surface area contributed by atoms with Gasteiger partial charge in [-0.25, -0.2) is 0 Å². The van der Waals surface area contributed by atoms with E-state index >= 15 is 0 Å². The SMILES string of the molecule is CCCN(CCC)CCC(NC)c1cccc(Cl)c1Cl. The lowest BCUT2D eigenvalue weighted by Gasteiger charge is -2.25. The van der Waals surface area contributed by atoms with Gasteiger partial charge in [0.2, 0.25) is 0 Å². The largest absolute Gasteiger partial charge is 0.313 e. The highest BCUT2D eigenvalue weighted by molar-refractivity contribution is 6.42. The second-order valence-electron chi connectivity index (χ2n) is 5.11. The molecule has 2 nitrogen and oxygen atoms in total. The Balaban J connectivity index is 2.69. The number of benzene rings is 1. The zero-order valence-corrected chi connectivity index (χ0v) is 14.3. The molecule has 1 N–H and O–H groups in total. The monoisotopic (exact) mass is 316 g/mol. The first-order chi connectivity index (χ1) is 9.63. The molecule has 0 saturated heterocycles. The van der Waals surface area contributed by atoms with E-state index in [0.717, 1.165) is 31.6 Å². The van der Waals surface area contributed by atoms with Crippen LogP contribution in [0.4, 0.5) is 0 Å². The number of hydrogen-bond donors (Lipinski definition) is 1. The molecular weight excluding hydrogens is 291 g/mol. The minimum absolute atomic E-state index is 0.248. The van der Waals surface area contributed by atoms with E-state index in [2.05, 4.69) is 30.1 Å². The van der Waals surface area contributed by atoms with Gasteiger partial charge >= 0.3 is 0 Å². The average molecular weight is 317 g/mol. The predicted octanol–water partition coefficient (Wildman–Crippen LogP) is 4.77. The molecule has 0 heterocycles. The van der Waals surface area contributed by atoms with Gasteiger partial charge in [-0.15, -0.1) is 0 Å². The molecule has 1 rings (SSSR count). The first-order valence-electron chi connectivity index (χ1n) is 7.47. The predicted molar refractivity (Wildman–Crippen MR) is 89.9 cm³/mol. The van der Waals surface area contributed by atoms with E-state index in [9.17, 15) is 0 Å². The van der Waals surface area contributed by atoms with Crippen LogP contribution in [-0.2, 0) is 0 Å². The van der Waals surface area contributed by atoms with Crippen LogP contribution in [0.25, 0.3) is 0 Å². The van der Waals surface area contributed by atoms with E-state index in [1.54, 1.807) is 0 Å². The maximum Gasteiger partial charge on any atom is 0.0640 e. The third-order valence-electron chi connectivity index (χ3n) is 3.52. The summed E-state index contributed by atoms with van der Waals surface area (Å²) < 4.78 is 0. The van der Waals surface area contributed by atoms with Gasteiger partial charge in [0.05, 0.1) is 10.0 Å². The van der Waals surface area contributed by atoms with Crippen molar-refractivity contribution in [2.24, 2.45) is 0 Å². The lowest BCUT2D eigenvalue weighted by Crippen LogP contribution is -2.30. The Labute approximate surface area is 133 Å². The van der Waals surface area contributed by atoms with E-state index in [1.807, 2.05) is 19.2 Å². The third kappa shape index (κ3) is 5.25. The summed E-state index contributed by atoms with van der Waals surface area (Å²) in [5, 5.41) is 4.66. The first kappa shape index (κ1) is 17.8. The Morgan fingerprint density at radius 1 is 1.10 bits per heavy atom. The molecule has 1 aromatic carbocycles. The molecule has 1 atom stereocenters. The zero-order chi connectivity index (χ0) is 15.0. The molecule has 0 spiro atoms. The molecule has 4 heteroatoms. The van der Waals surface area contributed by atoms with Crippen molar-refractivity contribution in [1.29, 1.82) is 0 Å². The Hall–Kier alpha value is -0.280. The molecular formula is C16H26Cl2N2. The molecule has 0 aromatic heterocycles. The Bertz CT molecular complexity index is 390. The molecule has 0 radical (unpaired) electrons. The number of hydrogen-bond acceptors (Lipinski definition) is 2. The molecule has 1 unspecified atom stereocenters. The van der Waals surface area contributed by atoms with Crippen LogP contribution in [0, 0.1) is 0 Å². The van der Waals surface area contributed by atoms with Gasteiger partial charge in [-0.05, 0) is 57.6 Å². The lowest BCUT2D eigenvalue weighted by atomic mass is 10.0. The second kappa shape index (κ2) is 9.62. The van der Waals surface area contributed by atoms with Crippen molar-refractivity contribution in [2.45, 2.75) is 39.2 Å². The van der Waals surface area contributed by atoms with Crippen LogP contribution in [0.5, 0.6) is 0 Å². The quantitative estimate of drug-likeness (QED) is 0.706. The van der Waals surface area contributed by atoms with Crippen LogP contribution in [-0.4, -0.2) is 31.6 Å². The van der Waals surface area contributed by atoms with E-state index in [4.69, 9.17) is 23.2 Å². The first-order valence-corrected chi connectivity index (χ1v) is 8.23. The molecule has 20 heavy (non-hydrogen) atoms. The van der Waals surface area contributed by atoms with Gasteiger partial charge in [-0.2, -0.15) is 0 Å². The van der Waals surface area contributed by atoms with E-state index in [-0.39, 0.29) is 6.04 Å². The molecule has 0 aliphatic rings. The van der Waals surface area contributed by atoms with Crippen molar-refractivity contribution >= 4 is 23.2 Å². The van der Waals surface area contributed by atoms with Gasteiger partial charge in [0, 0.05) is 6.04 Å². The molecule has 1 aromatic rings. The standard InChI is InChI=1S/C16H26Cl2N2/c1-4-10-20(11-5-2)12-9-15(19-3)13-7-6-8-14(17)16(13)18/h6-8,15,19H,4-5,9-12H2,1-3H3. The summed E-state index contributed by atoms with van der Waals surface area (Å²) in [5.74, 6) is 0. The third-order valence-corrected chi connectivity index (χ3v) is 4.35. The van der Waals surface area contributed by atoms with Crippen LogP contribution in [0.3, 0.4) is 0 Å². The van der Waals surface area contributed by atoms with Crippen molar-refractivity contribution in [3.63, 3.8) is 0 Å². The zero-order valence-electron chi connectivity index (χ0n) is 12.8. The Kier molecular flexibility index (Phi) is 8.55. The summed E-state index contributed by atoms with van der Waals surface area (Å²) in [5.41, 5.74) is 1.09. The average Bonchev–Trinajstić information content (AvgIpc) is 2.44. The van der Waals surface area contributed by atoms with E-state index in [0.29, 0.717) is 10.0 Å². The maximum atomic E-state index is 6.32. The highest BCUT2D eigenvalue weighted by Crippen LogP contribution is 2.31. The Morgan fingerprint density at radius 2 is 1.75 bits per heavy atom. The molecule has 114 valence electrons. The van der Waals surface area contributed by atoms with E-state index in [1.165, 1.54) is 12.8 Å². The molecule has 0 bridgehead atoms. The van der Waals surface area contributed by atoms with Gasteiger partial charge in [0.1, 0.15) is 0 Å². The fourth-order valence-electron chi connectivity index (χ4n) is 2.52. The normalized spacial score (nSPS) is 12.9. The summed E-state index contributed by atoms with van der Waals surface area (Å²) in [6.07, 6.45) is 3.43. The summed E-state index contributed by atoms with van der Waals surface area (Å²) in [7, 11) is 1.98. The number of nitrogens with one attached hydrogen (secondary N) is 1. The Morgan fingerprint density at radius 3 is 2.30 bits per heavy atom. The van der Waals surface area contributed by atoms with Crippen LogP contribution >= 0.6 is 23.2 Å². The van der Waals surface area contributed by atoms with Crippen LogP contribution < -0.4 is 5.32 Å². The fraction of sp³-hybridized carbons (Fsp3) is 0.625. The minimum atomic E-state index is 0.248. The topological polar surface area (TPSA) is 15.3 Å². The summed E-state index contributed by atoms with van der Waals surface area (Å²) in [4.78, 5) is 2.52. The molecule has 0 aliphatic heterocycles. The molecule has 0 amide bonds. The van der Waals surface area contributed by atoms with Crippen molar-refractivity contribution in [3.05, 3.63) is 33.8 Å². The number of halogens is 2. The van der Waals surface area contributed by atoms with Gasteiger partial charge in [0.25, 0.3) is 0 Å². The highest BCUT2D eigenvalue weighted by atomic mass is 35.5.